The van der Waals surface area contributed by atoms with Crippen LogP contribution < -0.4 is 5.32 Å². The molecule has 0 heterocycles. The lowest BCUT2D eigenvalue weighted by Crippen LogP contribution is -2.45. The van der Waals surface area contributed by atoms with Crippen molar-refractivity contribution in [3.05, 3.63) is 24.3 Å². The summed E-state index contributed by atoms with van der Waals surface area (Å²) >= 11 is 0. The minimum absolute atomic E-state index is 0.0148. The molecular weight excluding hydrogens is 707 g/mol. The van der Waals surface area contributed by atoms with Crippen LogP contribution in [-0.4, -0.2) is 47.4 Å². The number of hydrogen-bond acceptors (Lipinski definition) is 5. The molecule has 0 aromatic heterocycles. The average Bonchev–Trinajstić information content (AvgIpc) is 3.21. The smallest absolute Gasteiger partial charge is 0.305 e. The lowest BCUT2D eigenvalue weighted by Gasteiger charge is -2.20. The molecule has 3 N–H and O–H groups in total. The summed E-state index contributed by atoms with van der Waals surface area (Å²) in [6, 6.07) is -0.638. The summed E-state index contributed by atoms with van der Waals surface area (Å²) in [5.41, 5.74) is 0. The molecule has 2 atom stereocenters. The van der Waals surface area contributed by atoms with Gasteiger partial charge in [-0.1, -0.05) is 218 Å². The second-order valence-electron chi connectivity index (χ2n) is 17.1. The molecule has 0 saturated heterocycles. The molecule has 0 saturated carbocycles. The number of allylic oxidation sites excluding steroid dienone is 3. The molecule has 0 rings (SSSR count). The third-order valence-corrected chi connectivity index (χ3v) is 11.5. The summed E-state index contributed by atoms with van der Waals surface area (Å²) in [6.07, 6.45) is 54.6. The molecule has 6 nitrogen and oxygen atoms in total. The molecule has 6 heteroatoms. The van der Waals surface area contributed by atoms with Crippen LogP contribution in [0.1, 0.15) is 264 Å². The van der Waals surface area contributed by atoms with Gasteiger partial charge in [-0.25, -0.2) is 0 Å². The zero-order chi connectivity index (χ0) is 41.5. The number of hydrogen-bond donors (Lipinski definition) is 3. The van der Waals surface area contributed by atoms with Crippen molar-refractivity contribution in [3.8, 4) is 0 Å². The van der Waals surface area contributed by atoms with E-state index in [-0.39, 0.29) is 18.5 Å². The highest BCUT2D eigenvalue weighted by Gasteiger charge is 2.18. The minimum Gasteiger partial charge on any atom is -0.466 e. The van der Waals surface area contributed by atoms with Gasteiger partial charge in [0.1, 0.15) is 0 Å². The Morgan fingerprint density at radius 3 is 1.25 bits per heavy atom. The maximum atomic E-state index is 12.4. The van der Waals surface area contributed by atoms with Crippen molar-refractivity contribution in [2.45, 2.75) is 276 Å². The van der Waals surface area contributed by atoms with Crippen LogP contribution in [0.3, 0.4) is 0 Å². The van der Waals surface area contributed by atoms with Crippen LogP contribution in [0.4, 0.5) is 0 Å². The van der Waals surface area contributed by atoms with Crippen LogP contribution in [-0.2, 0) is 14.3 Å². The van der Waals surface area contributed by atoms with Crippen LogP contribution in [0.5, 0.6) is 0 Å². The van der Waals surface area contributed by atoms with E-state index < -0.39 is 12.1 Å². The number of unbranched alkanes of at least 4 members (excludes halogenated alkanes) is 33. The Labute approximate surface area is 354 Å². The first-order chi connectivity index (χ1) is 28.0. The van der Waals surface area contributed by atoms with E-state index in [4.69, 9.17) is 4.74 Å². The fourth-order valence-electron chi connectivity index (χ4n) is 7.57. The number of nitrogens with one attached hydrogen (secondary N) is 1. The summed E-state index contributed by atoms with van der Waals surface area (Å²) in [7, 11) is 0. The number of ether oxygens (including phenoxy) is 1. The van der Waals surface area contributed by atoms with Gasteiger partial charge in [0.25, 0.3) is 0 Å². The van der Waals surface area contributed by atoms with Gasteiger partial charge in [-0.15, -0.1) is 0 Å². The van der Waals surface area contributed by atoms with Crippen molar-refractivity contribution in [2.75, 3.05) is 13.2 Å². The van der Waals surface area contributed by atoms with Gasteiger partial charge < -0.3 is 20.3 Å². The Morgan fingerprint density at radius 1 is 0.474 bits per heavy atom. The number of esters is 1. The van der Waals surface area contributed by atoms with Gasteiger partial charge in [0.05, 0.1) is 25.4 Å². The van der Waals surface area contributed by atoms with E-state index in [0.29, 0.717) is 19.4 Å². The number of carbonyl (C=O) groups excluding carboxylic acids is 2. The largest absolute Gasteiger partial charge is 0.466 e. The van der Waals surface area contributed by atoms with Crippen molar-refractivity contribution >= 4 is 11.9 Å². The molecule has 0 fully saturated rings. The molecule has 1 amide bonds. The first-order valence-electron chi connectivity index (χ1n) is 25.1. The summed E-state index contributed by atoms with van der Waals surface area (Å²) in [4.78, 5) is 24.4. The Balaban J connectivity index is 3.46. The van der Waals surface area contributed by atoms with Gasteiger partial charge in [-0.3, -0.25) is 9.59 Å². The van der Waals surface area contributed by atoms with Gasteiger partial charge >= 0.3 is 5.97 Å². The van der Waals surface area contributed by atoms with Crippen molar-refractivity contribution in [2.24, 2.45) is 0 Å². The third kappa shape index (κ3) is 43.7. The standard InChI is InChI=1S/C51H97NO5/c1-3-5-7-9-11-13-15-16-17-18-19-20-25-29-33-37-41-45-51(56)57-46-42-38-34-30-26-22-21-24-28-32-36-40-44-50(55)52-48(47-53)49(54)43-39-35-31-27-23-14-12-10-8-6-4-2/h16-17,39,43,48-49,53-54H,3-15,18-38,40-42,44-47H2,1-2H3,(H,52,55)/b17-16-,43-39+. The first-order valence-corrected chi connectivity index (χ1v) is 25.1. The molecule has 0 aliphatic rings. The topological polar surface area (TPSA) is 95.9 Å². The fourth-order valence-corrected chi connectivity index (χ4v) is 7.57. The summed E-state index contributed by atoms with van der Waals surface area (Å²) in [6.45, 7) is 4.84. The van der Waals surface area contributed by atoms with Crippen molar-refractivity contribution in [3.63, 3.8) is 0 Å². The van der Waals surface area contributed by atoms with Gasteiger partial charge in [0.2, 0.25) is 5.91 Å². The van der Waals surface area contributed by atoms with E-state index in [1.165, 1.54) is 180 Å². The Bertz CT molecular complexity index is 889. The number of aliphatic hydroxyl groups excluding tert-OH is 2. The van der Waals surface area contributed by atoms with Crippen LogP contribution >= 0.6 is 0 Å². The van der Waals surface area contributed by atoms with E-state index in [2.05, 4.69) is 31.3 Å². The zero-order valence-corrected chi connectivity index (χ0v) is 38.1. The van der Waals surface area contributed by atoms with Crippen LogP contribution in [0.15, 0.2) is 24.3 Å². The van der Waals surface area contributed by atoms with Crippen molar-refractivity contribution < 1.29 is 24.5 Å². The predicted octanol–water partition coefficient (Wildman–Crippen LogP) is 14.7. The van der Waals surface area contributed by atoms with E-state index in [1.807, 2.05) is 6.08 Å². The molecule has 0 aliphatic heterocycles. The molecule has 57 heavy (non-hydrogen) atoms. The van der Waals surface area contributed by atoms with Gasteiger partial charge in [-0.05, 0) is 57.8 Å². The normalized spacial score (nSPS) is 12.8. The van der Waals surface area contributed by atoms with E-state index in [9.17, 15) is 19.8 Å². The molecule has 0 radical (unpaired) electrons. The number of aliphatic hydroxyl groups is 2. The fraction of sp³-hybridized carbons (Fsp3) is 0.882. The zero-order valence-electron chi connectivity index (χ0n) is 38.1. The Kier molecular flexibility index (Phi) is 45.7. The van der Waals surface area contributed by atoms with Gasteiger partial charge in [0, 0.05) is 12.8 Å². The molecule has 0 aromatic rings. The van der Waals surface area contributed by atoms with Crippen molar-refractivity contribution in [1.29, 1.82) is 0 Å². The van der Waals surface area contributed by atoms with Gasteiger partial charge in [-0.2, -0.15) is 0 Å². The maximum absolute atomic E-state index is 12.4. The second-order valence-corrected chi connectivity index (χ2v) is 17.1. The lowest BCUT2D eigenvalue weighted by atomic mass is 10.0. The first kappa shape index (κ1) is 55.3. The molecule has 0 spiro atoms. The number of carbonyl (C=O) groups is 2. The monoisotopic (exact) mass is 804 g/mol. The second kappa shape index (κ2) is 47.0. The quantitative estimate of drug-likeness (QED) is 0.0324. The predicted molar refractivity (Wildman–Crippen MR) is 246 cm³/mol. The number of amides is 1. The Morgan fingerprint density at radius 2 is 0.825 bits per heavy atom. The highest BCUT2D eigenvalue weighted by Crippen LogP contribution is 2.15. The third-order valence-electron chi connectivity index (χ3n) is 11.5. The van der Waals surface area contributed by atoms with Crippen LogP contribution in [0.2, 0.25) is 0 Å². The van der Waals surface area contributed by atoms with Crippen LogP contribution in [0.25, 0.3) is 0 Å². The molecule has 0 aromatic carbocycles. The average molecular weight is 804 g/mol. The highest BCUT2D eigenvalue weighted by atomic mass is 16.5. The van der Waals surface area contributed by atoms with Crippen LogP contribution in [0, 0.1) is 0 Å². The van der Waals surface area contributed by atoms with E-state index in [1.54, 1.807) is 6.08 Å². The van der Waals surface area contributed by atoms with E-state index >= 15 is 0 Å². The summed E-state index contributed by atoms with van der Waals surface area (Å²) < 4.78 is 5.46. The van der Waals surface area contributed by atoms with E-state index in [0.717, 1.165) is 57.8 Å². The molecule has 336 valence electrons. The molecule has 0 bridgehead atoms. The Hall–Kier alpha value is -1.66. The highest BCUT2D eigenvalue weighted by molar-refractivity contribution is 5.76. The summed E-state index contributed by atoms with van der Waals surface area (Å²) in [5, 5.41) is 22.9. The molecular formula is C51H97NO5. The summed E-state index contributed by atoms with van der Waals surface area (Å²) in [5.74, 6) is -0.100. The van der Waals surface area contributed by atoms with Crippen molar-refractivity contribution in [1.82, 2.24) is 5.32 Å². The SMILES string of the molecule is CCCCCCCC/C=C\CCCCCCCCCC(=O)OCCCCCCCCCCCCCCC(=O)NC(CO)C(O)/C=C/CCCCCCCCCCC. The molecule has 2 unspecified atom stereocenters. The minimum atomic E-state index is -0.853. The number of rotatable bonds is 46. The van der Waals surface area contributed by atoms with Gasteiger partial charge in [0.15, 0.2) is 0 Å². The lowest BCUT2D eigenvalue weighted by molar-refractivity contribution is -0.143. The molecule has 0 aliphatic carbocycles. The maximum Gasteiger partial charge on any atom is 0.305 e.